The van der Waals surface area contributed by atoms with Gasteiger partial charge in [0.05, 0.1) is 6.16 Å². The van der Waals surface area contributed by atoms with Gasteiger partial charge in [0.25, 0.3) is 0 Å². The molecule has 0 radical (unpaired) electrons. The molecule has 1 aromatic heterocycles. The summed E-state index contributed by atoms with van der Waals surface area (Å²) < 4.78 is 13.5. The Morgan fingerprint density at radius 1 is 0.704 bits per heavy atom. The molecule has 0 atom stereocenters. The van der Waals surface area contributed by atoms with Gasteiger partial charge in [-0.2, -0.15) is 0 Å². The number of fused-ring (bicyclic) bond motifs is 7. The number of rotatable bonds is 3. The molecule has 4 nitrogen and oxygen atoms in total. The lowest BCUT2D eigenvalue weighted by Gasteiger charge is -2.09. The van der Waals surface area contributed by atoms with Gasteiger partial charge in [0, 0.05) is 28.4 Å². The van der Waals surface area contributed by atoms with Gasteiger partial charge < -0.3 is 14.4 Å². The zero-order valence-electron chi connectivity index (χ0n) is 14.5. The van der Waals surface area contributed by atoms with Gasteiger partial charge in [-0.25, -0.2) is 0 Å². The Labute approximate surface area is 155 Å². The molecule has 0 aliphatic rings. The zero-order chi connectivity index (χ0) is 18.6. The minimum Gasteiger partial charge on any atom is -0.340 e. The maximum absolute atomic E-state index is 11.5. The first kappa shape index (κ1) is 16.5. The highest BCUT2D eigenvalue weighted by Gasteiger charge is 2.18. The van der Waals surface area contributed by atoms with Crippen molar-refractivity contribution in [3.63, 3.8) is 0 Å². The molecule has 5 aromatic rings. The molecule has 0 aliphatic heterocycles. The fraction of sp³-hybridized carbons (Fsp3) is 0.0909. The average Bonchev–Trinajstić information content (AvgIpc) is 3.00. The number of benzene rings is 4. The van der Waals surface area contributed by atoms with Crippen LogP contribution in [0.4, 0.5) is 0 Å². The molecule has 0 amide bonds. The van der Waals surface area contributed by atoms with Crippen LogP contribution in [0, 0.1) is 0 Å². The van der Waals surface area contributed by atoms with E-state index in [1.807, 2.05) is 28.8 Å². The summed E-state index contributed by atoms with van der Waals surface area (Å²) in [7, 11) is -4.08. The van der Waals surface area contributed by atoms with Crippen molar-refractivity contribution in [1.82, 2.24) is 4.57 Å². The number of aromatic nitrogens is 1. The molecule has 5 rings (SSSR count). The van der Waals surface area contributed by atoms with Gasteiger partial charge in [0.2, 0.25) is 0 Å². The van der Waals surface area contributed by atoms with Crippen LogP contribution in [-0.4, -0.2) is 20.5 Å². The Bertz CT molecular complexity index is 1290. The summed E-state index contributed by atoms with van der Waals surface area (Å²) in [5, 5.41) is 6.92. The molecule has 0 saturated carbocycles. The van der Waals surface area contributed by atoms with Crippen molar-refractivity contribution < 1.29 is 14.4 Å². The van der Waals surface area contributed by atoms with Gasteiger partial charge in [0.15, 0.2) is 0 Å². The third kappa shape index (κ3) is 2.65. The summed E-state index contributed by atoms with van der Waals surface area (Å²) in [5.74, 6) is 0. The third-order valence-corrected chi connectivity index (χ3v) is 6.04. The Morgan fingerprint density at radius 2 is 1.19 bits per heavy atom. The quantitative estimate of drug-likeness (QED) is 0.422. The van der Waals surface area contributed by atoms with Gasteiger partial charge in [-0.1, -0.05) is 60.7 Å². The first-order valence-corrected chi connectivity index (χ1v) is 10.7. The second-order valence-electron chi connectivity index (χ2n) is 6.90. The highest BCUT2D eigenvalue weighted by atomic mass is 31.2. The highest BCUT2D eigenvalue weighted by Crippen LogP contribution is 2.40. The first-order valence-electron chi connectivity index (χ1n) is 8.89. The summed E-state index contributed by atoms with van der Waals surface area (Å²) >= 11 is 0. The SMILES string of the molecule is O=P(O)(O)CCn1c2ccc3ccccc3c2c2c3ccccc3ccc21. The van der Waals surface area contributed by atoms with Crippen LogP contribution in [0.25, 0.3) is 43.4 Å². The van der Waals surface area contributed by atoms with E-state index in [9.17, 15) is 14.4 Å². The summed E-state index contributed by atoms with van der Waals surface area (Å²) in [6, 6.07) is 24.8. The number of nitrogens with zero attached hydrogens (tertiary/aromatic N) is 1. The molecule has 0 bridgehead atoms. The van der Waals surface area contributed by atoms with Crippen molar-refractivity contribution >= 4 is 50.9 Å². The highest BCUT2D eigenvalue weighted by molar-refractivity contribution is 7.51. The monoisotopic (exact) mass is 375 g/mol. The topological polar surface area (TPSA) is 62.5 Å². The largest absolute Gasteiger partial charge is 0.340 e. The number of hydrogen-bond acceptors (Lipinski definition) is 1. The lowest BCUT2D eigenvalue weighted by molar-refractivity contribution is 0.370. The van der Waals surface area contributed by atoms with Crippen molar-refractivity contribution in [2.24, 2.45) is 0 Å². The van der Waals surface area contributed by atoms with E-state index in [0.29, 0.717) is 0 Å². The molecule has 5 heteroatoms. The Balaban J connectivity index is 1.98. The Kier molecular flexibility index (Phi) is 3.63. The van der Waals surface area contributed by atoms with E-state index >= 15 is 0 Å². The van der Waals surface area contributed by atoms with Gasteiger partial charge in [0.1, 0.15) is 0 Å². The van der Waals surface area contributed by atoms with Crippen molar-refractivity contribution in [1.29, 1.82) is 0 Å². The van der Waals surface area contributed by atoms with Crippen LogP contribution < -0.4 is 0 Å². The Morgan fingerprint density at radius 3 is 1.67 bits per heavy atom. The number of hydrogen-bond donors (Lipinski definition) is 2. The van der Waals surface area contributed by atoms with Crippen molar-refractivity contribution in [3.05, 3.63) is 72.8 Å². The maximum Gasteiger partial charge on any atom is 0.327 e. The van der Waals surface area contributed by atoms with Crippen LogP contribution in [0.5, 0.6) is 0 Å². The molecule has 1 heterocycles. The summed E-state index contributed by atoms with van der Waals surface area (Å²) in [6.07, 6.45) is -0.175. The molecule has 2 N–H and O–H groups in total. The molecular formula is C22H18NO3P. The molecule has 134 valence electrons. The average molecular weight is 375 g/mol. The molecule has 27 heavy (non-hydrogen) atoms. The normalized spacial score (nSPS) is 12.5. The van der Waals surface area contributed by atoms with E-state index in [1.54, 1.807) is 0 Å². The zero-order valence-corrected chi connectivity index (χ0v) is 15.4. The van der Waals surface area contributed by atoms with E-state index in [0.717, 1.165) is 43.4 Å². The van der Waals surface area contributed by atoms with Crippen LogP contribution in [0.2, 0.25) is 0 Å². The van der Waals surface area contributed by atoms with Gasteiger partial charge in [-0.3, -0.25) is 4.57 Å². The maximum atomic E-state index is 11.5. The first-order chi connectivity index (χ1) is 13.0. The van der Waals surface area contributed by atoms with E-state index in [2.05, 4.69) is 48.5 Å². The predicted octanol–water partition coefficient (Wildman–Crippen LogP) is 5.28. The molecule has 4 aromatic carbocycles. The molecule has 0 unspecified atom stereocenters. The summed E-state index contributed by atoms with van der Waals surface area (Å²) in [4.78, 5) is 18.8. The molecule has 0 fully saturated rings. The Hall–Kier alpha value is -2.65. The van der Waals surface area contributed by atoms with E-state index < -0.39 is 7.60 Å². The van der Waals surface area contributed by atoms with Crippen LogP contribution in [-0.2, 0) is 11.1 Å². The predicted molar refractivity (Wildman–Crippen MR) is 111 cm³/mol. The van der Waals surface area contributed by atoms with Gasteiger partial charge in [-0.05, 0) is 33.7 Å². The summed E-state index contributed by atoms with van der Waals surface area (Å²) in [6.45, 7) is 0.279. The lowest BCUT2D eigenvalue weighted by atomic mass is 10.00. The second kappa shape index (κ2) is 5.93. The molecule has 0 saturated heterocycles. The third-order valence-electron chi connectivity index (χ3n) is 5.26. The van der Waals surface area contributed by atoms with Gasteiger partial charge in [-0.15, -0.1) is 0 Å². The van der Waals surface area contributed by atoms with Crippen molar-refractivity contribution in [3.8, 4) is 0 Å². The molecule has 0 aliphatic carbocycles. The van der Waals surface area contributed by atoms with E-state index in [-0.39, 0.29) is 12.7 Å². The van der Waals surface area contributed by atoms with Crippen LogP contribution in [0.1, 0.15) is 0 Å². The second-order valence-corrected chi connectivity index (χ2v) is 8.68. The lowest BCUT2D eigenvalue weighted by Crippen LogP contribution is -2.02. The minimum atomic E-state index is -4.08. The van der Waals surface area contributed by atoms with Crippen molar-refractivity contribution in [2.45, 2.75) is 6.54 Å². The van der Waals surface area contributed by atoms with Gasteiger partial charge >= 0.3 is 7.60 Å². The fourth-order valence-electron chi connectivity index (χ4n) is 4.10. The molecular weight excluding hydrogens is 357 g/mol. The minimum absolute atomic E-state index is 0.175. The van der Waals surface area contributed by atoms with E-state index in [4.69, 9.17) is 0 Å². The van der Waals surface area contributed by atoms with E-state index in [1.165, 1.54) is 0 Å². The van der Waals surface area contributed by atoms with Crippen molar-refractivity contribution in [2.75, 3.05) is 6.16 Å². The standard InChI is InChI=1S/C22H18NO3P/c24-27(25,26)14-13-23-19-11-9-15-5-1-3-7-17(15)21(19)22-18-8-4-2-6-16(18)10-12-20(22)23/h1-12H,13-14H2,(H2,24,25,26). The summed E-state index contributed by atoms with van der Waals surface area (Å²) in [5.41, 5.74) is 2.02. The fourth-order valence-corrected chi connectivity index (χ4v) is 4.56. The smallest absolute Gasteiger partial charge is 0.327 e. The van der Waals surface area contributed by atoms with Crippen LogP contribution in [0.3, 0.4) is 0 Å². The molecule has 0 spiro atoms. The van der Waals surface area contributed by atoms with Crippen LogP contribution in [0.15, 0.2) is 72.8 Å². The van der Waals surface area contributed by atoms with Crippen LogP contribution >= 0.6 is 7.60 Å². The number of aryl methyl sites for hydroxylation is 1.